The molecule has 2 aromatic heterocycles. The van der Waals surface area contributed by atoms with Crippen molar-refractivity contribution in [3.05, 3.63) is 96.1 Å². The Morgan fingerprint density at radius 3 is 1.26 bits per heavy atom. The van der Waals surface area contributed by atoms with Gasteiger partial charge in [-0.2, -0.15) is 0 Å². The second kappa shape index (κ2) is 5.62. The van der Waals surface area contributed by atoms with Crippen LogP contribution in [0.15, 0.2) is 79.4 Å². The summed E-state index contributed by atoms with van der Waals surface area (Å²) in [6.45, 7) is 0. The lowest BCUT2D eigenvalue weighted by molar-refractivity contribution is -0.671. The van der Waals surface area contributed by atoms with E-state index in [1.54, 1.807) is 0 Å². The van der Waals surface area contributed by atoms with E-state index in [2.05, 4.69) is 103 Å². The van der Waals surface area contributed by atoms with Gasteiger partial charge in [0.2, 0.25) is 0 Å². The normalized spacial score (nSPS) is 22.8. The highest BCUT2D eigenvalue weighted by Gasteiger charge is 2.52. The summed E-state index contributed by atoms with van der Waals surface area (Å²) in [7, 11) is 4.14. The predicted octanol–water partition coefficient (Wildman–Crippen LogP) is 3.00. The average Bonchev–Trinajstić information content (AvgIpc) is 3.32. The molecule has 23 heavy (non-hydrogen) atoms. The van der Waals surface area contributed by atoms with Crippen molar-refractivity contribution < 1.29 is 9.13 Å². The first kappa shape index (κ1) is 14.1. The lowest BCUT2D eigenvalue weighted by atomic mass is 10.1. The van der Waals surface area contributed by atoms with Crippen LogP contribution in [0, 0.1) is 0 Å². The minimum absolute atomic E-state index is 0.575. The van der Waals surface area contributed by atoms with E-state index in [0.717, 1.165) is 0 Å². The van der Waals surface area contributed by atoms with E-state index in [4.69, 9.17) is 0 Å². The van der Waals surface area contributed by atoms with E-state index in [0.29, 0.717) is 17.8 Å². The number of rotatable bonds is 3. The molecule has 0 aliphatic heterocycles. The van der Waals surface area contributed by atoms with E-state index in [9.17, 15) is 0 Å². The zero-order valence-corrected chi connectivity index (χ0v) is 13.6. The maximum atomic E-state index is 2.27. The number of hydrogen-bond donors (Lipinski definition) is 0. The maximum absolute atomic E-state index is 2.27. The van der Waals surface area contributed by atoms with Crippen LogP contribution < -0.4 is 9.13 Å². The summed E-state index contributed by atoms with van der Waals surface area (Å²) < 4.78 is 4.20. The molecule has 1 saturated carbocycles. The van der Waals surface area contributed by atoms with Gasteiger partial charge in [0.25, 0.3) is 0 Å². The van der Waals surface area contributed by atoms with Gasteiger partial charge in [0.1, 0.15) is 14.1 Å². The molecule has 4 rings (SSSR count). The maximum Gasteiger partial charge on any atom is 0.168 e. The number of pyridine rings is 2. The lowest BCUT2D eigenvalue weighted by Gasteiger charge is -1.99. The predicted molar refractivity (Wildman–Crippen MR) is 89.9 cm³/mol. The van der Waals surface area contributed by atoms with Crippen molar-refractivity contribution in [2.45, 2.75) is 17.8 Å². The Morgan fingerprint density at radius 1 is 0.522 bits per heavy atom. The molecule has 1 aromatic carbocycles. The molecule has 0 saturated heterocycles. The number of nitrogens with zero attached hydrogens (tertiary/aromatic N) is 2. The Hall–Kier alpha value is -2.48. The fourth-order valence-electron chi connectivity index (χ4n) is 3.70. The van der Waals surface area contributed by atoms with Crippen molar-refractivity contribution in [1.82, 2.24) is 0 Å². The summed E-state index contributed by atoms with van der Waals surface area (Å²) in [5.41, 5.74) is 4.33. The Labute approximate surface area is 137 Å². The molecule has 2 atom stereocenters. The summed E-state index contributed by atoms with van der Waals surface area (Å²) in [4.78, 5) is 0. The highest BCUT2D eigenvalue weighted by molar-refractivity contribution is 5.46. The fourth-order valence-corrected chi connectivity index (χ4v) is 3.70. The zero-order valence-electron chi connectivity index (χ0n) is 13.6. The monoisotopic (exact) mass is 302 g/mol. The summed E-state index contributed by atoms with van der Waals surface area (Å²) in [5.74, 6) is 1.73. The van der Waals surface area contributed by atoms with Crippen LogP contribution in [0.3, 0.4) is 0 Å². The second-order valence-corrected chi connectivity index (χ2v) is 6.58. The van der Waals surface area contributed by atoms with E-state index in [1.165, 1.54) is 16.7 Å². The quantitative estimate of drug-likeness (QED) is 0.657. The van der Waals surface area contributed by atoms with E-state index in [-0.39, 0.29) is 0 Å². The molecule has 1 aliphatic carbocycles. The average molecular weight is 302 g/mol. The number of hydrogen-bond acceptors (Lipinski definition) is 0. The molecule has 3 aromatic rings. The molecular weight excluding hydrogens is 280 g/mol. The Balaban J connectivity index is 1.72. The zero-order chi connectivity index (χ0) is 15.8. The SMILES string of the molecule is C[n+]1ccc(C2C(c3ccccc3)C2c2cc[n+](C)cc2)cc1. The van der Waals surface area contributed by atoms with Gasteiger partial charge in [-0.25, -0.2) is 9.13 Å². The number of benzene rings is 1. The molecule has 2 heterocycles. The molecule has 114 valence electrons. The van der Waals surface area contributed by atoms with E-state index in [1.807, 2.05) is 0 Å². The van der Waals surface area contributed by atoms with Crippen LogP contribution in [-0.2, 0) is 14.1 Å². The number of aromatic nitrogens is 2. The Bertz CT molecular complexity index is 740. The molecule has 0 bridgehead atoms. The molecule has 2 unspecified atom stereocenters. The third-order valence-corrected chi connectivity index (χ3v) is 4.98. The van der Waals surface area contributed by atoms with Crippen LogP contribution in [-0.4, -0.2) is 0 Å². The molecule has 2 nitrogen and oxygen atoms in total. The van der Waals surface area contributed by atoms with Crippen LogP contribution in [0.25, 0.3) is 0 Å². The highest BCUT2D eigenvalue weighted by atomic mass is 14.9. The van der Waals surface area contributed by atoms with Gasteiger partial charge < -0.3 is 0 Å². The van der Waals surface area contributed by atoms with Gasteiger partial charge in [-0.05, 0) is 34.4 Å². The summed E-state index contributed by atoms with van der Waals surface area (Å²) >= 11 is 0. The van der Waals surface area contributed by atoms with Crippen molar-refractivity contribution in [3.63, 3.8) is 0 Å². The fraction of sp³-hybridized carbons (Fsp3) is 0.238. The Kier molecular flexibility index (Phi) is 3.45. The minimum Gasteiger partial charge on any atom is -0.208 e. The minimum atomic E-state index is 0.575. The molecule has 2 heteroatoms. The largest absolute Gasteiger partial charge is 0.208 e. The van der Waals surface area contributed by atoms with Gasteiger partial charge in [0, 0.05) is 24.3 Å². The van der Waals surface area contributed by atoms with Crippen LogP contribution in [0.1, 0.15) is 34.4 Å². The third-order valence-electron chi connectivity index (χ3n) is 4.98. The van der Waals surface area contributed by atoms with E-state index < -0.39 is 0 Å². The first-order valence-electron chi connectivity index (χ1n) is 8.19. The molecule has 0 amide bonds. The highest BCUT2D eigenvalue weighted by Crippen LogP contribution is 2.65. The van der Waals surface area contributed by atoms with Crippen molar-refractivity contribution in [1.29, 1.82) is 0 Å². The first-order chi connectivity index (χ1) is 11.2. The molecule has 0 N–H and O–H groups in total. The topological polar surface area (TPSA) is 7.76 Å². The van der Waals surface area contributed by atoms with E-state index >= 15 is 0 Å². The van der Waals surface area contributed by atoms with Crippen molar-refractivity contribution in [3.8, 4) is 0 Å². The van der Waals surface area contributed by atoms with Gasteiger partial charge in [0.15, 0.2) is 24.8 Å². The summed E-state index contributed by atoms with van der Waals surface area (Å²) in [6, 6.07) is 20.0. The van der Waals surface area contributed by atoms with Crippen LogP contribution in [0.4, 0.5) is 0 Å². The third kappa shape index (κ3) is 2.65. The summed E-state index contributed by atoms with van der Waals surface area (Å²) in [5, 5.41) is 0. The van der Waals surface area contributed by atoms with Crippen molar-refractivity contribution in [2.24, 2.45) is 14.1 Å². The van der Waals surface area contributed by atoms with Crippen molar-refractivity contribution in [2.75, 3.05) is 0 Å². The molecule has 1 aliphatic rings. The van der Waals surface area contributed by atoms with Crippen LogP contribution in [0.2, 0.25) is 0 Å². The van der Waals surface area contributed by atoms with Gasteiger partial charge in [-0.1, -0.05) is 30.3 Å². The van der Waals surface area contributed by atoms with Crippen LogP contribution in [0.5, 0.6) is 0 Å². The molecule has 1 fully saturated rings. The van der Waals surface area contributed by atoms with Gasteiger partial charge >= 0.3 is 0 Å². The molecule has 0 radical (unpaired) electrons. The standard InChI is InChI=1S/C21H22N2/c1-22-12-8-17(9-13-22)20-19(16-6-4-3-5-7-16)21(20)18-10-14-23(2)15-11-18/h3-15,19-21H,1-2H3/q+2. The second-order valence-electron chi connectivity index (χ2n) is 6.58. The van der Waals surface area contributed by atoms with Gasteiger partial charge in [-0.3, -0.25) is 0 Å². The Morgan fingerprint density at radius 2 is 0.870 bits per heavy atom. The smallest absolute Gasteiger partial charge is 0.168 e. The number of aryl methyl sites for hydroxylation is 2. The molecular formula is C21H22N2+2. The van der Waals surface area contributed by atoms with Gasteiger partial charge in [0.05, 0.1) is 0 Å². The van der Waals surface area contributed by atoms with Crippen LogP contribution >= 0.6 is 0 Å². The summed E-state index contributed by atoms with van der Waals surface area (Å²) in [6.07, 6.45) is 8.60. The lowest BCUT2D eigenvalue weighted by Crippen LogP contribution is -2.26. The van der Waals surface area contributed by atoms with Crippen molar-refractivity contribution >= 4 is 0 Å². The van der Waals surface area contributed by atoms with Gasteiger partial charge in [-0.15, -0.1) is 0 Å². The molecule has 0 spiro atoms. The first-order valence-corrected chi connectivity index (χ1v) is 8.19.